The van der Waals surface area contributed by atoms with Crippen molar-refractivity contribution >= 4 is 23.3 Å². The van der Waals surface area contributed by atoms with Crippen molar-refractivity contribution in [2.24, 2.45) is 11.3 Å². The van der Waals surface area contributed by atoms with Crippen LogP contribution in [0.2, 0.25) is 0 Å². The minimum atomic E-state index is -5.08. The van der Waals surface area contributed by atoms with Gasteiger partial charge in [0.05, 0.1) is 16.8 Å². The Hall–Kier alpha value is -2.25. The zero-order chi connectivity index (χ0) is 17.5. The fourth-order valence-electron chi connectivity index (χ4n) is 3.41. The number of nitrogens with one attached hydrogen (secondary N) is 1. The molecule has 24 heavy (non-hydrogen) atoms. The Morgan fingerprint density at radius 3 is 2.46 bits per heavy atom. The minimum absolute atomic E-state index is 0.0600. The van der Waals surface area contributed by atoms with Crippen LogP contribution in [-0.4, -0.2) is 36.2 Å². The summed E-state index contributed by atoms with van der Waals surface area (Å²) in [4.78, 5) is 23.5. The van der Waals surface area contributed by atoms with E-state index in [0.29, 0.717) is 11.8 Å². The molecule has 3 aliphatic rings. The van der Waals surface area contributed by atoms with Gasteiger partial charge in [0.15, 0.2) is 0 Å². The Morgan fingerprint density at radius 2 is 1.96 bits per heavy atom. The van der Waals surface area contributed by atoms with E-state index in [1.54, 1.807) is 0 Å². The number of para-hydroxylation sites is 2. The summed E-state index contributed by atoms with van der Waals surface area (Å²) in [7, 11) is 0. The highest BCUT2D eigenvalue weighted by Crippen LogP contribution is 2.68. The average molecular weight is 342 g/mol. The molecule has 2 aliphatic carbocycles. The van der Waals surface area contributed by atoms with E-state index in [1.165, 1.54) is 6.42 Å². The zero-order valence-electron chi connectivity index (χ0n) is 12.8. The number of hydrogen-bond donors (Lipinski definition) is 2. The van der Waals surface area contributed by atoms with Gasteiger partial charge in [-0.3, -0.25) is 4.79 Å². The van der Waals surface area contributed by atoms with Crippen LogP contribution in [0.5, 0.6) is 0 Å². The van der Waals surface area contributed by atoms with E-state index in [0.717, 1.165) is 37.3 Å². The van der Waals surface area contributed by atoms with E-state index in [9.17, 15) is 18.0 Å². The quantitative estimate of drug-likeness (QED) is 0.823. The molecular weight excluding hydrogens is 325 g/mol. The van der Waals surface area contributed by atoms with Gasteiger partial charge in [-0.1, -0.05) is 12.1 Å². The Balaban J connectivity index is 0.000000209. The van der Waals surface area contributed by atoms with Gasteiger partial charge in [-0.25, -0.2) is 4.79 Å². The fourth-order valence-corrected chi connectivity index (χ4v) is 3.41. The molecule has 2 fully saturated rings. The number of carbonyl (C=O) groups excluding carboxylic acids is 1. The molecule has 1 heterocycles. The molecule has 1 amide bonds. The molecule has 130 valence electrons. The number of amides is 1. The van der Waals surface area contributed by atoms with Gasteiger partial charge in [0.25, 0.3) is 0 Å². The van der Waals surface area contributed by atoms with E-state index in [4.69, 9.17) is 9.90 Å². The lowest BCUT2D eigenvalue weighted by molar-refractivity contribution is -0.192. The summed E-state index contributed by atoms with van der Waals surface area (Å²) < 4.78 is 31.7. The lowest BCUT2D eigenvalue weighted by atomic mass is 9.83. The monoisotopic (exact) mass is 342 g/mol. The first kappa shape index (κ1) is 16.6. The molecule has 5 nitrogen and oxygen atoms in total. The van der Waals surface area contributed by atoms with Gasteiger partial charge in [-0.15, -0.1) is 0 Å². The van der Waals surface area contributed by atoms with Gasteiger partial charge >= 0.3 is 12.1 Å². The number of alkyl halides is 3. The number of fused-ring (bicyclic) bond motifs is 2. The molecule has 2 N–H and O–H groups in total. The highest BCUT2D eigenvalue weighted by Gasteiger charge is 2.67. The summed E-state index contributed by atoms with van der Waals surface area (Å²) in [6.45, 7) is 1.67. The van der Waals surface area contributed by atoms with Crippen molar-refractivity contribution in [1.82, 2.24) is 0 Å². The van der Waals surface area contributed by atoms with Crippen LogP contribution in [0.3, 0.4) is 0 Å². The molecule has 2 unspecified atom stereocenters. The number of hydrogen-bond acceptors (Lipinski definition) is 3. The maximum atomic E-state index is 12.6. The van der Waals surface area contributed by atoms with E-state index < -0.39 is 12.1 Å². The van der Waals surface area contributed by atoms with Crippen molar-refractivity contribution in [2.45, 2.75) is 25.4 Å². The Kier molecular flexibility index (Phi) is 3.93. The SMILES string of the molecule is O=C(N1CCNc2ccccc21)C12CCC1C2.O=C(O)C(F)(F)F. The molecule has 0 bridgehead atoms. The number of benzene rings is 1. The van der Waals surface area contributed by atoms with Crippen molar-refractivity contribution in [3.8, 4) is 0 Å². The third kappa shape index (κ3) is 2.81. The van der Waals surface area contributed by atoms with Crippen molar-refractivity contribution < 1.29 is 27.9 Å². The first-order valence-corrected chi connectivity index (χ1v) is 7.71. The van der Waals surface area contributed by atoms with Crippen LogP contribution in [-0.2, 0) is 9.59 Å². The first-order chi connectivity index (χ1) is 11.3. The maximum absolute atomic E-state index is 12.6. The molecule has 0 aromatic heterocycles. The zero-order valence-corrected chi connectivity index (χ0v) is 12.8. The molecule has 0 spiro atoms. The Morgan fingerprint density at radius 1 is 1.29 bits per heavy atom. The highest BCUT2D eigenvalue weighted by molar-refractivity contribution is 6.03. The third-order valence-corrected chi connectivity index (χ3v) is 4.93. The molecule has 1 aromatic carbocycles. The van der Waals surface area contributed by atoms with Gasteiger partial charge < -0.3 is 15.3 Å². The van der Waals surface area contributed by atoms with Crippen molar-refractivity contribution in [3.05, 3.63) is 24.3 Å². The normalized spacial score (nSPS) is 26.6. The van der Waals surface area contributed by atoms with Crippen LogP contribution >= 0.6 is 0 Å². The van der Waals surface area contributed by atoms with E-state index in [2.05, 4.69) is 11.4 Å². The molecule has 1 aliphatic heterocycles. The lowest BCUT2D eigenvalue weighted by Gasteiger charge is -2.35. The van der Waals surface area contributed by atoms with Crippen LogP contribution in [0.1, 0.15) is 19.3 Å². The van der Waals surface area contributed by atoms with E-state index >= 15 is 0 Å². The highest BCUT2D eigenvalue weighted by atomic mass is 19.4. The molecule has 8 heteroatoms. The predicted molar refractivity (Wildman–Crippen MR) is 80.7 cm³/mol. The van der Waals surface area contributed by atoms with Crippen LogP contribution in [0.25, 0.3) is 0 Å². The summed E-state index contributed by atoms with van der Waals surface area (Å²) in [5, 5.41) is 10.5. The Bertz CT molecular complexity index is 673. The van der Waals surface area contributed by atoms with Crippen LogP contribution in [0, 0.1) is 11.3 Å². The van der Waals surface area contributed by atoms with Crippen LogP contribution < -0.4 is 10.2 Å². The number of anilines is 2. The number of nitrogens with zero attached hydrogens (tertiary/aromatic N) is 1. The molecule has 2 atom stereocenters. The molecule has 1 aromatic rings. The van der Waals surface area contributed by atoms with E-state index in [-0.39, 0.29) is 5.41 Å². The van der Waals surface area contributed by atoms with Crippen LogP contribution in [0.15, 0.2) is 24.3 Å². The maximum Gasteiger partial charge on any atom is 0.490 e. The van der Waals surface area contributed by atoms with Crippen molar-refractivity contribution in [1.29, 1.82) is 0 Å². The number of carbonyl (C=O) groups is 2. The summed E-state index contributed by atoms with van der Waals surface area (Å²) in [6, 6.07) is 8.12. The second-order valence-electron chi connectivity index (χ2n) is 6.30. The average Bonchev–Trinajstić information content (AvgIpc) is 3.07. The molecule has 0 saturated heterocycles. The fraction of sp³-hybridized carbons (Fsp3) is 0.500. The molecular formula is C16H17F3N2O3. The topological polar surface area (TPSA) is 69.6 Å². The largest absolute Gasteiger partial charge is 0.490 e. The standard InChI is InChI=1S/C14H16N2O.C2HF3O2/c17-13(14-6-5-10(14)9-14)16-8-7-15-11-3-1-2-4-12(11)16;3-2(4,5)1(6)7/h1-4,10,15H,5-9H2;(H,6,7). The van der Waals surface area contributed by atoms with Crippen molar-refractivity contribution in [3.63, 3.8) is 0 Å². The van der Waals surface area contributed by atoms with Gasteiger partial charge in [0, 0.05) is 13.1 Å². The summed E-state index contributed by atoms with van der Waals surface area (Å²) in [6.07, 6.45) is -1.57. The molecule has 0 radical (unpaired) electrons. The first-order valence-electron chi connectivity index (χ1n) is 7.71. The number of halogens is 3. The van der Waals surface area contributed by atoms with Gasteiger partial charge in [0.1, 0.15) is 0 Å². The second kappa shape index (κ2) is 5.68. The molecule has 4 rings (SSSR count). The summed E-state index contributed by atoms with van der Waals surface area (Å²) in [5.41, 5.74) is 2.22. The third-order valence-electron chi connectivity index (χ3n) is 4.93. The van der Waals surface area contributed by atoms with Gasteiger partial charge in [-0.2, -0.15) is 13.2 Å². The smallest absolute Gasteiger partial charge is 0.475 e. The van der Waals surface area contributed by atoms with Crippen LogP contribution in [0.4, 0.5) is 24.5 Å². The second-order valence-corrected chi connectivity index (χ2v) is 6.30. The summed E-state index contributed by atoms with van der Waals surface area (Å²) in [5.74, 6) is -1.67. The number of carboxylic acid groups (broad SMARTS) is 1. The number of aliphatic carboxylic acids is 1. The van der Waals surface area contributed by atoms with E-state index in [1.807, 2.05) is 23.1 Å². The Labute approximate surface area is 136 Å². The lowest BCUT2D eigenvalue weighted by Crippen LogP contribution is -2.45. The summed E-state index contributed by atoms with van der Waals surface area (Å²) >= 11 is 0. The van der Waals surface area contributed by atoms with Gasteiger partial charge in [-0.05, 0) is 37.3 Å². The predicted octanol–water partition coefficient (Wildman–Crippen LogP) is 2.88. The number of rotatable bonds is 1. The minimum Gasteiger partial charge on any atom is -0.475 e. The number of carboxylic acids is 1. The van der Waals surface area contributed by atoms with Crippen molar-refractivity contribution in [2.75, 3.05) is 23.3 Å². The molecule has 2 saturated carbocycles. The van der Waals surface area contributed by atoms with Gasteiger partial charge in [0.2, 0.25) is 5.91 Å².